The molecule has 0 bridgehead atoms. The Morgan fingerprint density at radius 1 is 0.952 bits per heavy atom. The summed E-state index contributed by atoms with van der Waals surface area (Å²) in [6.45, 7) is 1.17. The number of fused-ring (bicyclic) bond motifs is 1. The lowest BCUT2D eigenvalue weighted by Crippen LogP contribution is -2.05. The predicted octanol–water partition coefficient (Wildman–Crippen LogP) is 3.26. The standard InChI is InChI=1S/C16H16N2O3/c17-12-2-4-13(5-3-12)19-8-1-9-20-14-6-7-15-16(10-14)21-11-18-15/h2-7,10-11H,1,8-9,17H2. The van der Waals surface area contributed by atoms with Crippen molar-refractivity contribution in [2.45, 2.75) is 6.42 Å². The molecule has 108 valence electrons. The van der Waals surface area contributed by atoms with Crippen molar-refractivity contribution in [1.29, 1.82) is 0 Å². The fourth-order valence-corrected chi connectivity index (χ4v) is 1.93. The van der Waals surface area contributed by atoms with Crippen molar-refractivity contribution in [3.05, 3.63) is 48.9 Å². The second-order valence-corrected chi connectivity index (χ2v) is 4.60. The quantitative estimate of drug-likeness (QED) is 0.555. The van der Waals surface area contributed by atoms with Crippen molar-refractivity contribution in [1.82, 2.24) is 4.98 Å². The first-order valence-electron chi connectivity index (χ1n) is 6.76. The lowest BCUT2D eigenvalue weighted by molar-refractivity contribution is 0.247. The number of nitrogens with two attached hydrogens (primary N) is 1. The maximum absolute atomic E-state index is 5.65. The Balaban J connectivity index is 1.42. The van der Waals surface area contributed by atoms with Gasteiger partial charge in [0.25, 0.3) is 0 Å². The molecule has 0 aliphatic heterocycles. The molecule has 1 aromatic heterocycles. The number of hydrogen-bond acceptors (Lipinski definition) is 5. The third-order valence-electron chi connectivity index (χ3n) is 3.01. The lowest BCUT2D eigenvalue weighted by atomic mass is 10.3. The van der Waals surface area contributed by atoms with Gasteiger partial charge in [-0.15, -0.1) is 0 Å². The zero-order valence-corrected chi connectivity index (χ0v) is 11.5. The van der Waals surface area contributed by atoms with Gasteiger partial charge in [-0.05, 0) is 36.4 Å². The van der Waals surface area contributed by atoms with Crippen LogP contribution in [0, 0.1) is 0 Å². The topological polar surface area (TPSA) is 70.5 Å². The van der Waals surface area contributed by atoms with Gasteiger partial charge in [0.15, 0.2) is 12.0 Å². The zero-order valence-electron chi connectivity index (χ0n) is 11.5. The number of ether oxygens (including phenoxy) is 2. The van der Waals surface area contributed by atoms with Crippen LogP contribution in [0.2, 0.25) is 0 Å². The van der Waals surface area contributed by atoms with Gasteiger partial charge in [0.05, 0.1) is 13.2 Å². The number of benzene rings is 2. The van der Waals surface area contributed by atoms with E-state index in [4.69, 9.17) is 19.6 Å². The Morgan fingerprint density at radius 2 is 1.67 bits per heavy atom. The van der Waals surface area contributed by atoms with Gasteiger partial charge in [-0.2, -0.15) is 0 Å². The minimum absolute atomic E-state index is 0.578. The largest absolute Gasteiger partial charge is 0.493 e. The van der Waals surface area contributed by atoms with E-state index >= 15 is 0 Å². The molecule has 0 spiro atoms. The Kier molecular flexibility index (Phi) is 3.91. The van der Waals surface area contributed by atoms with Gasteiger partial charge in [0.2, 0.25) is 0 Å². The molecule has 0 aliphatic rings. The number of anilines is 1. The first-order chi connectivity index (χ1) is 10.3. The van der Waals surface area contributed by atoms with E-state index in [1.807, 2.05) is 42.5 Å². The molecule has 2 N–H and O–H groups in total. The second kappa shape index (κ2) is 6.17. The van der Waals surface area contributed by atoms with Crippen molar-refractivity contribution in [3.8, 4) is 11.5 Å². The smallest absolute Gasteiger partial charge is 0.181 e. The summed E-state index contributed by atoms with van der Waals surface area (Å²) >= 11 is 0. The van der Waals surface area contributed by atoms with Gasteiger partial charge in [0, 0.05) is 18.2 Å². The van der Waals surface area contributed by atoms with E-state index in [-0.39, 0.29) is 0 Å². The Labute approximate surface area is 122 Å². The predicted molar refractivity (Wildman–Crippen MR) is 80.5 cm³/mol. The number of oxazole rings is 1. The first-order valence-corrected chi connectivity index (χ1v) is 6.76. The molecule has 21 heavy (non-hydrogen) atoms. The van der Waals surface area contributed by atoms with Crippen LogP contribution in [0.5, 0.6) is 11.5 Å². The average Bonchev–Trinajstić information content (AvgIpc) is 2.96. The SMILES string of the molecule is Nc1ccc(OCCCOc2ccc3ncoc3c2)cc1. The maximum atomic E-state index is 5.65. The van der Waals surface area contributed by atoms with Crippen LogP contribution >= 0.6 is 0 Å². The van der Waals surface area contributed by atoms with Crippen LogP contribution in [0.15, 0.2) is 53.3 Å². The highest BCUT2D eigenvalue weighted by Gasteiger charge is 2.01. The summed E-state index contributed by atoms with van der Waals surface area (Å²) < 4.78 is 16.5. The molecule has 0 amide bonds. The molecule has 0 saturated carbocycles. The average molecular weight is 284 g/mol. The highest BCUT2D eigenvalue weighted by molar-refractivity contribution is 5.73. The molecule has 0 atom stereocenters. The van der Waals surface area contributed by atoms with Crippen LogP contribution in [-0.2, 0) is 0 Å². The van der Waals surface area contributed by atoms with Crippen molar-refractivity contribution >= 4 is 16.8 Å². The van der Waals surface area contributed by atoms with Crippen LogP contribution in [0.4, 0.5) is 5.69 Å². The zero-order chi connectivity index (χ0) is 14.5. The number of nitrogens with zero attached hydrogens (tertiary/aromatic N) is 1. The molecule has 0 unspecified atom stereocenters. The minimum atomic E-state index is 0.578. The van der Waals surface area contributed by atoms with E-state index in [1.54, 1.807) is 0 Å². The number of rotatable bonds is 6. The normalized spacial score (nSPS) is 10.7. The molecule has 0 radical (unpaired) electrons. The monoisotopic (exact) mass is 284 g/mol. The van der Waals surface area contributed by atoms with Crippen LogP contribution in [0.3, 0.4) is 0 Å². The first kappa shape index (κ1) is 13.3. The highest BCUT2D eigenvalue weighted by atomic mass is 16.5. The van der Waals surface area contributed by atoms with Crippen molar-refractivity contribution in [2.24, 2.45) is 0 Å². The molecule has 0 saturated heterocycles. The van der Waals surface area contributed by atoms with Crippen LogP contribution < -0.4 is 15.2 Å². The summed E-state index contributed by atoms with van der Waals surface area (Å²) in [5.41, 5.74) is 7.90. The van der Waals surface area contributed by atoms with Gasteiger partial charge in [-0.3, -0.25) is 0 Å². The maximum Gasteiger partial charge on any atom is 0.181 e. The fraction of sp³-hybridized carbons (Fsp3) is 0.188. The molecule has 3 rings (SSSR count). The minimum Gasteiger partial charge on any atom is -0.493 e. The molecule has 2 aromatic carbocycles. The Morgan fingerprint density at radius 3 is 2.48 bits per heavy atom. The van der Waals surface area contributed by atoms with Crippen LogP contribution in [0.25, 0.3) is 11.1 Å². The van der Waals surface area contributed by atoms with Gasteiger partial charge < -0.3 is 19.6 Å². The highest BCUT2D eigenvalue weighted by Crippen LogP contribution is 2.19. The van der Waals surface area contributed by atoms with E-state index in [0.29, 0.717) is 13.2 Å². The summed E-state index contributed by atoms with van der Waals surface area (Å²) in [6, 6.07) is 12.9. The van der Waals surface area contributed by atoms with Gasteiger partial charge >= 0.3 is 0 Å². The van der Waals surface area contributed by atoms with E-state index in [9.17, 15) is 0 Å². The van der Waals surface area contributed by atoms with E-state index in [2.05, 4.69) is 4.98 Å². The number of hydrogen-bond donors (Lipinski definition) is 1. The van der Waals surface area contributed by atoms with Gasteiger partial charge in [-0.1, -0.05) is 0 Å². The van der Waals surface area contributed by atoms with Gasteiger partial charge in [-0.25, -0.2) is 4.98 Å². The molecule has 5 heteroatoms. The Hall–Kier alpha value is -2.69. The molecule has 3 aromatic rings. The Bertz CT molecular complexity index is 707. The molecule has 1 heterocycles. The summed E-state index contributed by atoms with van der Waals surface area (Å²) in [7, 11) is 0. The summed E-state index contributed by atoms with van der Waals surface area (Å²) in [5, 5.41) is 0. The van der Waals surface area contributed by atoms with E-state index in [0.717, 1.165) is 34.7 Å². The lowest BCUT2D eigenvalue weighted by Gasteiger charge is -2.08. The molecule has 0 fully saturated rings. The summed E-state index contributed by atoms with van der Waals surface area (Å²) in [6.07, 6.45) is 2.22. The molecule has 0 aliphatic carbocycles. The van der Waals surface area contributed by atoms with Crippen LogP contribution in [0.1, 0.15) is 6.42 Å². The van der Waals surface area contributed by atoms with E-state index < -0.39 is 0 Å². The third kappa shape index (κ3) is 3.45. The van der Waals surface area contributed by atoms with Crippen LogP contribution in [-0.4, -0.2) is 18.2 Å². The van der Waals surface area contributed by atoms with Crippen molar-refractivity contribution in [3.63, 3.8) is 0 Å². The molecular formula is C16H16N2O3. The van der Waals surface area contributed by atoms with E-state index in [1.165, 1.54) is 6.39 Å². The molecule has 5 nitrogen and oxygen atoms in total. The third-order valence-corrected chi connectivity index (χ3v) is 3.01. The van der Waals surface area contributed by atoms with Crippen molar-refractivity contribution in [2.75, 3.05) is 18.9 Å². The number of aromatic nitrogens is 1. The van der Waals surface area contributed by atoms with Gasteiger partial charge in [0.1, 0.15) is 17.0 Å². The molecular weight excluding hydrogens is 268 g/mol. The number of nitrogen functional groups attached to an aromatic ring is 1. The fourth-order valence-electron chi connectivity index (χ4n) is 1.93. The summed E-state index contributed by atoms with van der Waals surface area (Å²) in [5.74, 6) is 1.58. The summed E-state index contributed by atoms with van der Waals surface area (Å²) in [4.78, 5) is 4.06. The second-order valence-electron chi connectivity index (χ2n) is 4.60. The van der Waals surface area contributed by atoms with Crippen molar-refractivity contribution < 1.29 is 13.9 Å².